The summed E-state index contributed by atoms with van der Waals surface area (Å²) in [4.78, 5) is 0.777. The van der Waals surface area contributed by atoms with Crippen LogP contribution in [0.1, 0.15) is 31.2 Å². The van der Waals surface area contributed by atoms with Gasteiger partial charge in [0.1, 0.15) is 10.8 Å². The maximum absolute atomic E-state index is 9.77. The molecule has 3 aromatic rings. The summed E-state index contributed by atoms with van der Waals surface area (Å²) >= 11 is 1.47. The molecule has 0 bridgehead atoms. The van der Waals surface area contributed by atoms with E-state index in [0.29, 0.717) is 0 Å². The number of phenols is 1. The van der Waals surface area contributed by atoms with Gasteiger partial charge in [-0.15, -0.1) is 10.2 Å². The second kappa shape index (κ2) is 4.31. The molecule has 0 radical (unpaired) electrons. The highest BCUT2D eigenvalue weighted by Crippen LogP contribution is 2.30. The maximum atomic E-state index is 9.77. The molecule has 1 N–H and O–H groups in total. The molecule has 0 fully saturated rings. The summed E-state index contributed by atoms with van der Waals surface area (Å²) < 4.78 is 1.78. The minimum Gasteiger partial charge on any atom is -0.508 e. The van der Waals surface area contributed by atoms with Crippen LogP contribution in [-0.4, -0.2) is 24.9 Å². The van der Waals surface area contributed by atoms with Crippen molar-refractivity contribution in [2.24, 2.45) is 0 Å². The fraction of sp³-hybridized carbons (Fsp3) is 0.308. The van der Waals surface area contributed by atoms with Gasteiger partial charge in [-0.3, -0.25) is 0 Å². The monoisotopic (exact) mass is 274 g/mol. The maximum Gasteiger partial charge on any atom is 0.234 e. The standard InChI is InChI=1S/C13H14N4OS/c1-7(2)11-14-15-13-17(11)16-12(19-13)9-5-4-8(3)10(18)6-9/h4-7,18H,1-3H3. The Hall–Kier alpha value is -1.95. The molecule has 0 saturated carbocycles. The second-order valence-corrected chi connectivity index (χ2v) is 5.77. The molecule has 2 aromatic heterocycles. The molecule has 0 spiro atoms. The Morgan fingerprint density at radius 3 is 2.74 bits per heavy atom. The molecule has 0 aliphatic rings. The number of benzene rings is 1. The number of rotatable bonds is 2. The number of phenolic OH excluding ortho intramolecular Hbond substituents is 1. The molecule has 0 amide bonds. The van der Waals surface area contributed by atoms with Gasteiger partial charge in [0.05, 0.1) is 0 Å². The third kappa shape index (κ3) is 1.98. The summed E-state index contributed by atoms with van der Waals surface area (Å²) in [6, 6.07) is 5.57. The number of aromatic nitrogens is 4. The Morgan fingerprint density at radius 1 is 1.26 bits per heavy atom. The lowest BCUT2D eigenvalue weighted by molar-refractivity contribution is 0.471. The third-order valence-electron chi connectivity index (χ3n) is 2.99. The van der Waals surface area contributed by atoms with Crippen LogP contribution in [0.5, 0.6) is 5.75 Å². The summed E-state index contributed by atoms with van der Waals surface area (Å²) in [7, 11) is 0. The van der Waals surface area contributed by atoms with Gasteiger partial charge in [0.25, 0.3) is 0 Å². The molecule has 6 heteroatoms. The van der Waals surface area contributed by atoms with E-state index in [9.17, 15) is 5.11 Å². The zero-order chi connectivity index (χ0) is 13.6. The van der Waals surface area contributed by atoms with Crippen LogP contribution >= 0.6 is 11.3 Å². The number of fused-ring (bicyclic) bond motifs is 1. The topological polar surface area (TPSA) is 63.3 Å². The van der Waals surface area contributed by atoms with Gasteiger partial charge in [-0.1, -0.05) is 37.3 Å². The predicted molar refractivity (Wildman–Crippen MR) is 74.6 cm³/mol. The van der Waals surface area contributed by atoms with Crippen molar-refractivity contribution in [2.45, 2.75) is 26.7 Å². The Labute approximate surface area is 114 Å². The van der Waals surface area contributed by atoms with Crippen molar-refractivity contribution in [3.63, 3.8) is 0 Å². The number of hydrogen-bond donors (Lipinski definition) is 1. The van der Waals surface area contributed by atoms with Crippen molar-refractivity contribution in [2.75, 3.05) is 0 Å². The van der Waals surface area contributed by atoms with E-state index in [1.165, 1.54) is 11.3 Å². The summed E-state index contributed by atoms with van der Waals surface area (Å²) in [5.41, 5.74) is 1.75. The Balaban J connectivity index is 2.12. The van der Waals surface area contributed by atoms with Gasteiger partial charge in [-0.2, -0.15) is 9.61 Å². The highest BCUT2D eigenvalue weighted by molar-refractivity contribution is 7.19. The van der Waals surface area contributed by atoms with Crippen molar-refractivity contribution < 1.29 is 5.11 Å². The average molecular weight is 274 g/mol. The second-order valence-electron chi connectivity index (χ2n) is 4.82. The lowest BCUT2D eigenvalue weighted by Crippen LogP contribution is -1.97. The zero-order valence-electron chi connectivity index (χ0n) is 11.0. The van der Waals surface area contributed by atoms with E-state index < -0.39 is 0 Å². The molecule has 0 aliphatic heterocycles. The van der Waals surface area contributed by atoms with Crippen molar-refractivity contribution in [1.29, 1.82) is 0 Å². The van der Waals surface area contributed by atoms with E-state index in [2.05, 4.69) is 29.1 Å². The van der Waals surface area contributed by atoms with Crippen LogP contribution in [0.2, 0.25) is 0 Å². The summed E-state index contributed by atoms with van der Waals surface area (Å²) in [5.74, 6) is 1.41. The van der Waals surface area contributed by atoms with E-state index in [0.717, 1.165) is 26.9 Å². The van der Waals surface area contributed by atoms with Gasteiger partial charge in [0, 0.05) is 11.5 Å². The van der Waals surface area contributed by atoms with Gasteiger partial charge in [0.2, 0.25) is 4.96 Å². The first-order chi connectivity index (χ1) is 9.06. The highest BCUT2D eigenvalue weighted by atomic mass is 32.1. The lowest BCUT2D eigenvalue weighted by atomic mass is 10.1. The average Bonchev–Trinajstić information content (AvgIpc) is 2.91. The lowest BCUT2D eigenvalue weighted by Gasteiger charge is -2.01. The quantitative estimate of drug-likeness (QED) is 0.780. The van der Waals surface area contributed by atoms with Gasteiger partial charge in [0.15, 0.2) is 5.82 Å². The van der Waals surface area contributed by atoms with Crippen molar-refractivity contribution in [1.82, 2.24) is 19.8 Å². The summed E-state index contributed by atoms with van der Waals surface area (Å²) in [6.45, 7) is 5.99. The molecule has 1 aromatic carbocycles. The van der Waals surface area contributed by atoms with Crippen molar-refractivity contribution in [3.8, 4) is 16.3 Å². The first kappa shape index (κ1) is 12.1. The molecule has 19 heavy (non-hydrogen) atoms. The molecule has 0 aliphatic carbocycles. The van der Waals surface area contributed by atoms with E-state index >= 15 is 0 Å². The van der Waals surface area contributed by atoms with Crippen LogP contribution in [0.15, 0.2) is 18.2 Å². The normalized spacial score (nSPS) is 11.6. The fourth-order valence-corrected chi connectivity index (χ4v) is 2.69. The van der Waals surface area contributed by atoms with Gasteiger partial charge < -0.3 is 5.11 Å². The van der Waals surface area contributed by atoms with E-state index in [1.807, 2.05) is 19.1 Å². The Morgan fingerprint density at radius 2 is 2.05 bits per heavy atom. The van der Waals surface area contributed by atoms with Gasteiger partial charge in [-0.25, -0.2) is 0 Å². The van der Waals surface area contributed by atoms with Crippen LogP contribution in [0.4, 0.5) is 0 Å². The molecular formula is C13H14N4OS. The molecule has 5 nitrogen and oxygen atoms in total. The molecule has 3 rings (SSSR count). The van der Waals surface area contributed by atoms with E-state index in [1.54, 1.807) is 10.6 Å². The highest BCUT2D eigenvalue weighted by Gasteiger charge is 2.15. The fourth-order valence-electron chi connectivity index (χ4n) is 1.85. The summed E-state index contributed by atoms with van der Waals surface area (Å²) in [5, 5.41) is 23.4. The Kier molecular flexibility index (Phi) is 2.74. The zero-order valence-corrected chi connectivity index (χ0v) is 11.8. The Bertz CT molecular complexity index is 744. The predicted octanol–water partition coefficient (Wildman–Crippen LogP) is 2.99. The largest absolute Gasteiger partial charge is 0.508 e. The van der Waals surface area contributed by atoms with E-state index in [4.69, 9.17) is 0 Å². The third-order valence-corrected chi connectivity index (χ3v) is 3.94. The molecule has 2 heterocycles. The molecule has 98 valence electrons. The van der Waals surface area contributed by atoms with E-state index in [-0.39, 0.29) is 11.7 Å². The first-order valence-electron chi connectivity index (χ1n) is 6.08. The minimum atomic E-state index is 0.274. The van der Waals surface area contributed by atoms with Crippen LogP contribution in [0, 0.1) is 6.92 Å². The summed E-state index contributed by atoms with van der Waals surface area (Å²) in [6.07, 6.45) is 0. The number of aromatic hydroxyl groups is 1. The van der Waals surface area contributed by atoms with Gasteiger partial charge >= 0.3 is 0 Å². The van der Waals surface area contributed by atoms with Gasteiger partial charge in [-0.05, 0) is 18.6 Å². The van der Waals surface area contributed by atoms with Crippen LogP contribution in [0.25, 0.3) is 15.5 Å². The van der Waals surface area contributed by atoms with Crippen LogP contribution in [-0.2, 0) is 0 Å². The number of nitrogens with zero attached hydrogens (tertiary/aromatic N) is 4. The molecule has 0 unspecified atom stereocenters. The van der Waals surface area contributed by atoms with Crippen molar-refractivity contribution in [3.05, 3.63) is 29.6 Å². The molecule has 0 atom stereocenters. The van der Waals surface area contributed by atoms with Crippen molar-refractivity contribution >= 4 is 16.3 Å². The van der Waals surface area contributed by atoms with Crippen LogP contribution < -0.4 is 0 Å². The number of hydrogen-bond acceptors (Lipinski definition) is 5. The smallest absolute Gasteiger partial charge is 0.234 e. The minimum absolute atomic E-state index is 0.274. The number of aryl methyl sites for hydroxylation is 1. The first-order valence-corrected chi connectivity index (χ1v) is 6.90. The SMILES string of the molecule is Cc1ccc(-c2nn3c(C(C)C)nnc3s2)cc1O. The van der Waals surface area contributed by atoms with Crippen LogP contribution in [0.3, 0.4) is 0 Å². The molecular weight excluding hydrogens is 260 g/mol. The molecule has 0 saturated heterocycles.